The van der Waals surface area contributed by atoms with Gasteiger partial charge in [0.1, 0.15) is 5.82 Å². The zero-order chi connectivity index (χ0) is 18.5. The molecule has 0 aliphatic heterocycles. The molecule has 3 aromatic rings. The number of anilines is 2. The van der Waals surface area contributed by atoms with E-state index in [1.54, 1.807) is 49.4 Å². The molecule has 1 aromatic heterocycles. The number of ether oxygens (including phenoxy) is 1. The molecule has 2 aromatic carbocycles. The van der Waals surface area contributed by atoms with E-state index in [1.165, 1.54) is 12.1 Å². The van der Waals surface area contributed by atoms with Gasteiger partial charge < -0.3 is 10.1 Å². The Bertz CT molecular complexity index is 932. The zero-order valence-electron chi connectivity index (χ0n) is 13.9. The highest BCUT2D eigenvalue weighted by Gasteiger charge is 2.09. The Labute approximate surface area is 154 Å². The second-order valence-electron chi connectivity index (χ2n) is 5.53. The van der Waals surface area contributed by atoms with E-state index < -0.39 is 0 Å². The number of halogens is 2. The topological polar surface area (TPSA) is 64.1 Å². The lowest BCUT2D eigenvalue weighted by Crippen LogP contribution is -2.13. The number of aromatic nitrogens is 2. The van der Waals surface area contributed by atoms with Crippen LogP contribution in [0, 0.1) is 12.7 Å². The highest BCUT2D eigenvalue weighted by Crippen LogP contribution is 2.18. The van der Waals surface area contributed by atoms with Crippen molar-refractivity contribution in [2.75, 3.05) is 11.9 Å². The highest BCUT2D eigenvalue weighted by atomic mass is 35.5. The number of hydrogen-bond donors (Lipinski definition) is 1. The molecule has 0 spiro atoms. The van der Waals surface area contributed by atoms with Gasteiger partial charge >= 0.3 is 0 Å². The van der Waals surface area contributed by atoms with Gasteiger partial charge in [-0.2, -0.15) is 4.98 Å². The van der Waals surface area contributed by atoms with Crippen molar-refractivity contribution in [2.45, 2.75) is 6.92 Å². The number of carbonyl (C=O) groups is 1. The van der Waals surface area contributed by atoms with E-state index in [-0.39, 0.29) is 30.0 Å². The minimum atomic E-state index is -0.368. The van der Waals surface area contributed by atoms with E-state index in [0.717, 1.165) is 0 Å². The molecular formula is C19H15ClFN3O2. The van der Waals surface area contributed by atoms with Gasteiger partial charge in [-0.1, -0.05) is 17.7 Å². The molecule has 0 atom stereocenters. The second-order valence-corrected chi connectivity index (χ2v) is 5.96. The first-order valence-electron chi connectivity index (χ1n) is 7.79. The number of aryl methyl sites for hydroxylation is 1. The average Bonchev–Trinajstić information content (AvgIpc) is 2.60. The van der Waals surface area contributed by atoms with Crippen LogP contribution in [-0.4, -0.2) is 22.4 Å². The fraction of sp³-hybridized carbons (Fsp3) is 0.105. The molecule has 0 amide bonds. The number of nitrogens with one attached hydrogen (secondary N) is 1. The Hall–Kier alpha value is -2.99. The molecule has 0 aliphatic carbocycles. The third-order valence-corrected chi connectivity index (χ3v) is 3.68. The molecule has 5 nitrogen and oxygen atoms in total. The van der Waals surface area contributed by atoms with E-state index in [9.17, 15) is 9.18 Å². The van der Waals surface area contributed by atoms with E-state index in [4.69, 9.17) is 16.3 Å². The molecule has 1 N–H and O–H groups in total. The SMILES string of the molecule is Cc1cc(OCC(=O)c2ccc(Cl)cc2)nc(Nc2cccc(F)c2)n1. The normalized spacial score (nSPS) is 10.4. The lowest BCUT2D eigenvalue weighted by atomic mass is 10.1. The van der Waals surface area contributed by atoms with Crippen LogP contribution in [0.15, 0.2) is 54.6 Å². The van der Waals surface area contributed by atoms with Crippen molar-refractivity contribution in [1.29, 1.82) is 0 Å². The summed E-state index contributed by atoms with van der Waals surface area (Å²) in [6, 6.07) is 14.1. The lowest BCUT2D eigenvalue weighted by molar-refractivity contribution is 0.0918. The lowest BCUT2D eigenvalue weighted by Gasteiger charge is -2.09. The maximum atomic E-state index is 13.3. The van der Waals surface area contributed by atoms with Gasteiger partial charge in [-0.25, -0.2) is 9.37 Å². The summed E-state index contributed by atoms with van der Waals surface area (Å²) >= 11 is 5.81. The van der Waals surface area contributed by atoms with Crippen LogP contribution in [0.5, 0.6) is 5.88 Å². The van der Waals surface area contributed by atoms with Crippen LogP contribution in [-0.2, 0) is 0 Å². The largest absolute Gasteiger partial charge is 0.469 e. The second kappa shape index (κ2) is 7.93. The van der Waals surface area contributed by atoms with Crippen molar-refractivity contribution in [1.82, 2.24) is 9.97 Å². The summed E-state index contributed by atoms with van der Waals surface area (Å²) in [6.45, 7) is 1.60. The predicted octanol–water partition coefficient (Wildman–Crippen LogP) is 4.58. The Morgan fingerprint density at radius 2 is 1.92 bits per heavy atom. The molecule has 7 heteroatoms. The number of benzene rings is 2. The molecule has 3 rings (SSSR count). The van der Waals surface area contributed by atoms with Crippen molar-refractivity contribution in [3.05, 3.63) is 76.7 Å². The van der Waals surface area contributed by atoms with Crippen LogP contribution in [0.3, 0.4) is 0 Å². The number of Topliss-reactive ketones (excluding diaryl/α,β-unsaturated/α-hetero) is 1. The first-order chi connectivity index (χ1) is 12.5. The van der Waals surface area contributed by atoms with Crippen LogP contribution in [0.2, 0.25) is 5.02 Å². The summed E-state index contributed by atoms with van der Waals surface area (Å²) in [5.41, 5.74) is 1.66. The summed E-state index contributed by atoms with van der Waals surface area (Å²) < 4.78 is 18.8. The molecule has 0 saturated carbocycles. The van der Waals surface area contributed by atoms with Crippen LogP contribution >= 0.6 is 11.6 Å². The first-order valence-corrected chi connectivity index (χ1v) is 8.17. The summed E-state index contributed by atoms with van der Waals surface area (Å²) in [5, 5.41) is 3.47. The Kier molecular flexibility index (Phi) is 5.43. The quantitative estimate of drug-likeness (QED) is 0.642. The van der Waals surface area contributed by atoms with Crippen molar-refractivity contribution in [2.24, 2.45) is 0 Å². The van der Waals surface area contributed by atoms with Crippen LogP contribution in [0.1, 0.15) is 16.1 Å². The standard InChI is InChI=1S/C19H15ClFN3O2/c1-12-9-18(26-11-17(25)13-5-7-14(20)8-6-13)24-19(22-12)23-16-4-2-3-15(21)10-16/h2-10H,11H2,1H3,(H,22,23,24). The predicted molar refractivity (Wildman–Crippen MR) is 97.7 cm³/mol. The first kappa shape index (κ1) is 17.8. The van der Waals surface area contributed by atoms with Gasteiger partial charge in [-0.05, 0) is 49.4 Å². The third kappa shape index (κ3) is 4.77. The van der Waals surface area contributed by atoms with Crippen LogP contribution in [0.25, 0.3) is 0 Å². The zero-order valence-corrected chi connectivity index (χ0v) is 14.6. The highest BCUT2D eigenvalue weighted by molar-refractivity contribution is 6.30. The van der Waals surface area contributed by atoms with Crippen molar-refractivity contribution >= 4 is 29.0 Å². The fourth-order valence-corrected chi connectivity index (χ4v) is 2.35. The van der Waals surface area contributed by atoms with E-state index in [1.807, 2.05) is 0 Å². The molecule has 0 aliphatic rings. The van der Waals surface area contributed by atoms with Crippen molar-refractivity contribution < 1.29 is 13.9 Å². The summed E-state index contributed by atoms with van der Waals surface area (Å²) in [5.74, 6) is -0.0616. The number of ketones is 1. The minimum Gasteiger partial charge on any atom is -0.469 e. The van der Waals surface area contributed by atoms with Gasteiger partial charge in [0.2, 0.25) is 11.8 Å². The minimum absolute atomic E-state index is 0.169. The average molecular weight is 372 g/mol. The summed E-state index contributed by atoms with van der Waals surface area (Å²) in [4.78, 5) is 20.6. The van der Waals surface area contributed by atoms with Crippen LogP contribution < -0.4 is 10.1 Å². The summed E-state index contributed by atoms with van der Waals surface area (Å²) in [6.07, 6.45) is 0. The number of hydrogen-bond acceptors (Lipinski definition) is 5. The van der Waals surface area contributed by atoms with Gasteiger partial charge in [0.05, 0.1) is 0 Å². The Balaban J connectivity index is 1.69. The Morgan fingerprint density at radius 3 is 2.65 bits per heavy atom. The van der Waals surface area contributed by atoms with E-state index in [0.29, 0.717) is 22.0 Å². The van der Waals surface area contributed by atoms with Crippen molar-refractivity contribution in [3.63, 3.8) is 0 Å². The van der Waals surface area contributed by atoms with Gasteiger partial charge in [-0.3, -0.25) is 4.79 Å². The molecule has 0 saturated heterocycles. The molecule has 0 radical (unpaired) electrons. The molecule has 132 valence electrons. The Morgan fingerprint density at radius 1 is 1.15 bits per heavy atom. The molecule has 26 heavy (non-hydrogen) atoms. The maximum absolute atomic E-state index is 13.3. The van der Waals surface area contributed by atoms with Crippen molar-refractivity contribution in [3.8, 4) is 5.88 Å². The molecule has 1 heterocycles. The maximum Gasteiger partial charge on any atom is 0.230 e. The van der Waals surface area contributed by atoms with E-state index >= 15 is 0 Å². The molecule has 0 bridgehead atoms. The fourth-order valence-electron chi connectivity index (χ4n) is 2.22. The molecular weight excluding hydrogens is 357 g/mol. The smallest absolute Gasteiger partial charge is 0.230 e. The summed E-state index contributed by atoms with van der Waals surface area (Å²) in [7, 11) is 0. The van der Waals surface area contributed by atoms with Gasteiger partial charge in [-0.15, -0.1) is 0 Å². The van der Waals surface area contributed by atoms with Crippen LogP contribution in [0.4, 0.5) is 16.0 Å². The number of nitrogens with zero attached hydrogens (tertiary/aromatic N) is 2. The van der Waals surface area contributed by atoms with E-state index in [2.05, 4.69) is 15.3 Å². The number of rotatable bonds is 6. The molecule has 0 fully saturated rings. The van der Waals surface area contributed by atoms with Gasteiger partial charge in [0, 0.05) is 28.0 Å². The van der Waals surface area contributed by atoms with Gasteiger partial charge in [0.25, 0.3) is 0 Å². The van der Waals surface area contributed by atoms with Gasteiger partial charge in [0.15, 0.2) is 12.4 Å². The molecule has 0 unspecified atom stereocenters. The third-order valence-electron chi connectivity index (χ3n) is 3.43. The monoisotopic (exact) mass is 371 g/mol. The number of carbonyl (C=O) groups excluding carboxylic acids is 1.